The monoisotopic (exact) mass is 299 g/mol. The van der Waals surface area contributed by atoms with Crippen LogP contribution in [0.5, 0.6) is 5.75 Å². The summed E-state index contributed by atoms with van der Waals surface area (Å²) in [5, 5.41) is 30.8. The van der Waals surface area contributed by atoms with Gasteiger partial charge in [-0.05, 0) is 0 Å². The first-order valence-electron chi connectivity index (χ1n) is 5.31. The van der Waals surface area contributed by atoms with E-state index in [1.165, 1.54) is 12.1 Å². The van der Waals surface area contributed by atoms with Gasteiger partial charge in [0.15, 0.2) is 0 Å². The topological polar surface area (TPSA) is 135 Å². The van der Waals surface area contributed by atoms with Crippen molar-refractivity contribution in [2.75, 3.05) is 5.73 Å². The Morgan fingerprint density at radius 2 is 1.29 bits per heavy atom. The first kappa shape index (κ1) is 18.8. The summed E-state index contributed by atoms with van der Waals surface area (Å²) in [4.78, 5) is 19.0. The number of nitro groups is 2. The van der Waals surface area contributed by atoms with Gasteiger partial charge in [-0.2, -0.15) is 0 Å². The second-order valence-electron chi connectivity index (χ2n) is 3.61. The van der Waals surface area contributed by atoms with Crippen molar-refractivity contribution in [1.82, 2.24) is 0 Å². The number of nitro benzene ring substituents is 2. The fourth-order valence-corrected chi connectivity index (χ4v) is 1.25. The van der Waals surface area contributed by atoms with Crippen molar-refractivity contribution in [3.8, 4) is 5.75 Å². The van der Waals surface area contributed by atoms with Gasteiger partial charge in [0.25, 0.3) is 11.4 Å². The summed E-state index contributed by atoms with van der Waals surface area (Å²) >= 11 is 0. The van der Waals surface area contributed by atoms with Gasteiger partial charge in [0.05, 0.1) is 15.9 Å². The van der Waals surface area contributed by atoms with Crippen molar-refractivity contribution < 1.29 is 44.5 Å². The summed E-state index contributed by atoms with van der Waals surface area (Å²) in [6.45, 7) is 0. The minimum Gasteiger partial charge on any atom is -0.872 e. The molecule has 2 aromatic rings. The SMILES string of the molecule is Nc1cc([N+](=O)[O-])cc([N+](=O)[O-])c1.[Na+].[O-]c1ccccc1. The van der Waals surface area contributed by atoms with Gasteiger partial charge in [-0.25, -0.2) is 0 Å². The number of nitrogens with zero attached hydrogens (tertiary/aromatic N) is 2. The van der Waals surface area contributed by atoms with Crippen LogP contribution < -0.4 is 40.4 Å². The maximum absolute atomic E-state index is 10.3. The van der Waals surface area contributed by atoms with Gasteiger partial charge in [0, 0.05) is 17.8 Å². The van der Waals surface area contributed by atoms with Gasteiger partial charge in [-0.3, -0.25) is 20.2 Å². The molecule has 9 heteroatoms. The van der Waals surface area contributed by atoms with Crippen LogP contribution in [0.15, 0.2) is 48.5 Å². The Labute approximate surface area is 141 Å². The molecule has 8 nitrogen and oxygen atoms in total. The second kappa shape index (κ2) is 8.90. The van der Waals surface area contributed by atoms with Gasteiger partial charge in [-0.15, -0.1) is 5.75 Å². The molecule has 0 aliphatic carbocycles. The van der Waals surface area contributed by atoms with E-state index < -0.39 is 9.85 Å². The fourth-order valence-electron chi connectivity index (χ4n) is 1.25. The number of para-hydroxylation sites is 1. The first-order chi connectivity index (χ1) is 9.40. The second-order valence-corrected chi connectivity index (χ2v) is 3.61. The minimum absolute atomic E-state index is 0. The Hall–Kier alpha value is -2.16. The van der Waals surface area contributed by atoms with Gasteiger partial charge in [0.1, 0.15) is 0 Å². The van der Waals surface area contributed by atoms with E-state index in [0.717, 1.165) is 18.2 Å². The number of rotatable bonds is 2. The summed E-state index contributed by atoms with van der Waals surface area (Å²) in [7, 11) is 0. The maximum Gasteiger partial charge on any atom is 1.00 e. The molecule has 104 valence electrons. The molecule has 0 spiro atoms. The molecule has 0 amide bonds. The maximum atomic E-state index is 10.3. The number of nitrogens with two attached hydrogens (primary N) is 1. The standard InChI is InChI=1S/C6H5N3O4.C6H6O.Na/c7-4-1-5(8(10)11)3-6(2-4)9(12)13;7-6-4-2-1-3-5-6;/h1-3H,7H2;1-5,7H;/q;;+1/p-1. The van der Waals surface area contributed by atoms with Crippen LogP contribution in [0.25, 0.3) is 0 Å². The van der Waals surface area contributed by atoms with Crippen LogP contribution in [0, 0.1) is 20.2 Å². The predicted octanol–water partition coefficient (Wildman–Crippen LogP) is -1.15. The zero-order valence-corrected chi connectivity index (χ0v) is 13.1. The average molecular weight is 299 g/mol. The van der Waals surface area contributed by atoms with Crippen LogP contribution in [0.3, 0.4) is 0 Å². The normalized spacial score (nSPS) is 8.76. The van der Waals surface area contributed by atoms with E-state index in [9.17, 15) is 25.3 Å². The molecule has 0 saturated carbocycles. The molecule has 2 rings (SSSR count). The molecule has 0 saturated heterocycles. The molecule has 0 aliphatic rings. The molecule has 0 aliphatic heterocycles. The van der Waals surface area contributed by atoms with E-state index in [-0.39, 0.29) is 52.4 Å². The first-order valence-corrected chi connectivity index (χ1v) is 5.31. The van der Waals surface area contributed by atoms with Crippen LogP contribution >= 0.6 is 0 Å². The van der Waals surface area contributed by atoms with Crippen LogP contribution in [-0.2, 0) is 0 Å². The Kier molecular flexibility index (Phi) is 7.99. The van der Waals surface area contributed by atoms with Crippen molar-refractivity contribution in [3.05, 3.63) is 68.8 Å². The number of hydrogen-bond acceptors (Lipinski definition) is 6. The Bertz CT molecular complexity index is 589. The van der Waals surface area contributed by atoms with Gasteiger partial charge >= 0.3 is 29.6 Å². The number of anilines is 1. The molecule has 0 heterocycles. The van der Waals surface area contributed by atoms with Crippen molar-refractivity contribution in [1.29, 1.82) is 0 Å². The molecule has 0 fully saturated rings. The Morgan fingerprint density at radius 1 is 0.857 bits per heavy atom. The van der Waals surface area contributed by atoms with E-state index in [0.29, 0.717) is 0 Å². The largest absolute Gasteiger partial charge is 1.00 e. The van der Waals surface area contributed by atoms with E-state index >= 15 is 0 Å². The molecule has 0 bridgehead atoms. The number of non-ortho nitro benzene ring substituents is 2. The molecule has 2 N–H and O–H groups in total. The molecule has 0 unspecified atom stereocenters. The molecule has 0 atom stereocenters. The summed E-state index contributed by atoms with van der Waals surface area (Å²) < 4.78 is 0. The van der Waals surface area contributed by atoms with Gasteiger partial charge in [0.2, 0.25) is 0 Å². The van der Waals surface area contributed by atoms with E-state index in [4.69, 9.17) is 5.73 Å². The van der Waals surface area contributed by atoms with Crippen molar-refractivity contribution in [3.63, 3.8) is 0 Å². The molecule has 2 aromatic carbocycles. The van der Waals surface area contributed by atoms with Crippen LogP contribution in [0.4, 0.5) is 17.1 Å². The van der Waals surface area contributed by atoms with Crippen LogP contribution in [0.1, 0.15) is 0 Å². The third-order valence-corrected chi connectivity index (χ3v) is 2.09. The van der Waals surface area contributed by atoms with E-state index in [1.54, 1.807) is 12.1 Å². The smallest absolute Gasteiger partial charge is 0.872 e. The fraction of sp³-hybridized carbons (Fsp3) is 0. The zero-order valence-electron chi connectivity index (χ0n) is 11.1. The predicted molar refractivity (Wildman–Crippen MR) is 70.1 cm³/mol. The van der Waals surface area contributed by atoms with E-state index in [2.05, 4.69) is 0 Å². The van der Waals surface area contributed by atoms with Gasteiger partial charge < -0.3 is 10.8 Å². The average Bonchev–Trinajstić information content (AvgIpc) is 2.39. The van der Waals surface area contributed by atoms with Gasteiger partial charge in [-0.1, -0.05) is 30.3 Å². The third-order valence-electron chi connectivity index (χ3n) is 2.09. The number of hydrogen-bond donors (Lipinski definition) is 1. The van der Waals surface area contributed by atoms with Crippen LogP contribution in [-0.4, -0.2) is 9.85 Å². The van der Waals surface area contributed by atoms with Crippen molar-refractivity contribution in [2.24, 2.45) is 0 Å². The Balaban J connectivity index is 0.000000425. The Morgan fingerprint density at radius 3 is 1.57 bits per heavy atom. The minimum atomic E-state index is -0.733. The summed E-state index contributed by atoms with van der Waals surface area (Å²) in [5.41, 5.74) is 4.46. The molecule has 0 aromatic heterocycles. The summed E-state index contributed by atoms with van der Waals surface area (Å²) in [5.74, 6) is 0.0718. The van der Waals surface area contributed by atoms with Crippen LogP contribution in [0.2, 0.25) is 0 Å². The van der Waals surface area contributed by atoms with Crippen molar-refractivity contribution >= 4 is 17.1 Å². The molecule has 21 heavy (non-hydrogen) atoms. The quantitative estimate of drug-likeness (QED) is 0.322. The number of benzene rings is 2. The van der Waals surface area contributed by atoms with E-state index in [1.807, 2.05) is 6.07 Å². The number of nitrogen functional groups attached to an aromatic ring is 1. The zero-order chi connectivity index (χ0) is 15.1. The molecular weight excluding hydrogens is 289 g/mol. The summed E-state index contributed by atoms with van der Waals surface area (Å²) in [6, 6.07) is 11.3. The van der Waals surface area contributed by atoms with Crippen molar-refractivity contribution in [2.45, 2.75) is 0 Å². The third kappa shape index (κ3) is 6.70. The molecular formula is C12H10N3NaO5. The molecule has 0 radical (unpaired) electrons. The summed E-state index contributed by atoms with van der Waals surface area (Å²) in [6.07, 6.45) is 0.